The molecule has 0 bridgehead atoms. The lowest BCUT2D eigenvalue weighted by molar-refractivity contribution is 0.0297. The van der Waals surface area contributed by atoms with E-state index in [0.29, 0.717) is 26.1 Å². The Balaban J connectivity index is 2.64. The van der Waals surface area contributed by atoms with E-state index in [1.165, 1.54) is 0 Å². The van der Waals surface area contributed by atoms with E-state index in [2.05, 4.69) is 10.0 Å². The van der Waals surface area contributed by atoms with Crippen molar-refractivity contribution in [2.75, 3.05) is 19.8 Å². The van der Waals surface area contributed by atoms with Crippen molar-refractivity contribution in [1.29, 1.82) is 0 Å². The zero-order valence-electron chi connectivity index (χ0n) is 6.23. The molecule has 1 aliphatic rings. The number of azide groups is 1. The van der Waals surface area contributed by atoms with Crippen molar-refractivity contribution in [3.8, 4) is 0 Å². The highest BCUT2D eigenvalue weighted by molar-refractivity contribution is 4.89. The van der Waals surface area contributed by atoms with Crippen molar-refractivity contribution < 1.29 is 9.84 Å². The third-order valence-corrected chi connectivity index (χ3v) is 1.97. The van der Waals surface area contributed by atoms with Crippen LogP contribution in [-0.4, -0.2) is 30.5 Å². The first kappa shape index (κ1) is 8.33. The van der Waals surface area contributed by atoms with Crippen LogP contribution in [0, 0.1) is 0 Å². The summed E-state index contributed by atoms with van der Waals surface area (Å²) >= 11 is 0. The molecule has 1 rings (SSSR count). The molecule has 5 nitrogen and oxygen atoms in total. The first-order valence-corrected chi connectivity index (χ1v) is 3.58. The molecule has 11 heavy (non-hydrogen) atoms. The molecule has 0 aromatic heterocycles. The van der Waals surface area contributed by atoms with Gasteiger partial charge in [0.15, 0.2) is 0 Å². The summed E-state index contributed by atoms with van der Waals surface area (Å²) < 4.78 is 5.08. The van der Waals surface area contributed by atoms with Gasteiger partial charge < -0.3 is 9.84 Å². The van der Waals surface area contributed by atoms with Gasteiger partial charge in [0.2, 0.25) is 0 Å². The Labute approximate surface area is 64.6 Å². The Bertz CT molecular complexity index is 171. The molecular weight excluding hydrogens is 146 g/mol. The van der Waals surface area contributed by atoms with Gasteiger partial charge in [0.1, 0.15) is 0 Å². The van der Waals surface area contributed by atoms with Gasteiger partial charge in [-0.3, -0.25) is 0 Å². The van der Waals surface area contributed by atoms with Crippen molar-refractivity contribution >= 4 is 0 Å². The maximum atomic E-state index is 8.95. The zero-order valence-corrected chi connectivity index (χ0v) is 6.23. The van der Waals surface area contributed by atoms with Gasteiger partial charge in [-0.25, -0.2) is 0 Å². The summed E-state index contributed by atoms with van der Waals surface area (Å²) in [4.78, 5) is 2.71. The molecule has 1 aliphatic heterocycles. The molecule has 1 N–H and O–H groups in total. The fraction of sp³-hybridized carbons (Fsp3) is 1.00. The van der Waals surface area contributed by atoms with Crippen LogP contribution in [0.15, 0.2) is 5.11 Å². The van der Waals surface area contributed by atoms with Crippen LogP contribution in [0.5, 0.6) is 0 Å². The van der Waals surface area contributed by atoms with Crippen molar-refractivity contribution in [1.82, 2.24) is 0 Å². The number of aliphatic hydroxyl groups excluding tert-OH is 1. The molecule has 0 aromatic rings. The zero-order chi connectivity index (χ0) is 8.16. The second kappa shape index (κ2) is 3.57. The Morgan fingerprint density at radius 1 is 1.55 bits per heavy atom. The molecule has 1 fully saturated rings. The molecular formula is C6H11N3O2. The summed E-state index contributed by atoms with van der Waals surface area (Å²) in [5.74, 6) is 0. The lowest BCUT2D eigenvalue weighted by Gasteiger charge is -2.30. The van der Waals surface area contributed by atoms with E-state index in [1.807, 2.05) is 0 Å². The van der Waals surface area contributed by atoms with Crippen LogP contribution in [0.1, 0.15) is 12.8 Å². The highest BCUT2D eigenvalue weighted by atomic mass is 16.5. The van der Waals surface area contributed by atoms with Crippen LogP contribution in [-0.2, 0) is 4.74 Å². The van der Waals surface area contributed by atoms with Crippen molar-refractivity contribution in [2.45, 2.75) is 18.4 Å². The monoisotopic (exact) mass is 157 g/mol. The summed E-state index contributed by atoms with van der Waals surface area (Å²) in [6.07, 6.45) is 1.24. The van der Waals surface area contributed by atoms with E-state index in [0.717, 1.165) is 0 Å². The first-order valence-electron chi connectivity index (χ1n) is 3.58. The van der Waals surface area contributed by atoms with Crippen LogP contribution >= 0.6 is 0 Å². The molecule has 0 spiro atoms. The lowest BCUT2D eigenvalue weighted by Crippen LogP contribution is -2.37. The molecule has 0 saturated carbocycles. The largest absolute Gasteiger partial charge is 0.396 e. The predicted molar refractivity (Wildman–Crippen MR) is 39.0 cm³/mol. The van der Waals surface area contributed by atoms with Crippen LogP contribution in [0.25, 0.3) is 10.4 Å². The van der Waals surface area contributed by atoms with Gasteiger partial charge in [-0.05, 0) is 18.4 Å². The second-order valence-electron chi connectivity index (χ2n) is 2.68. The third kappa shape index (κ3) is 1.83. The number of rotatable bonds is 2. The minimum absolute atomic E-state index is 0.0829. The summed E-state index contributed by atoms with van der Waals surface area (Å²) in [6, 6.07) is 0. The summed E-state index contributed by atoms with van der Waals surface area (Å²) in [5.41, 5.74) is 7.63. The normalized spacial score (nSPS) is 22.3. The highest BCUT2D eigenvalue weighted by Gasteiger charge is 2.30. The van der Waals surface area contributed by atoms with Crippen LogP contribution < -0.4 is 0 Å². The molecule has 1 saturated heterocycles. The van der Waals surface area contributed by atoms with Crippen molar-refractivity contribution in [3.05, 3.63) is 10.4 Å². The molecule has 62 valence electrons. The average Bonchev–Trinajstić information content (AvgIpc) is 2.07. The third-order valence-electron chi connectivity index (χ3n) is 1.97. The molecule has 0 atom stereocenters. The Morgan fingerprint density at radius 3 is 2.64 bits per heavy atom. The SMILES string of the molecule is [N-]=[N+]=NC1(CO)CCOCC1. The van der Waals surface area contributed by atoms with E-state index < -0.39 is 5.54 Å². The van der Waals surface area contributed by atoms with Crippen LogP contribution in [0.3, 0.4) is 0 Å². The maximum absolute atomic E-state index is 8.95. The molecule has 0 amide bonds. The van der Waals surface area contributed by atoms with Gasteiger partial charge in [0.05, 0.1) is 12.1 Å². The Hall–Kier alpha value is -0.770. The van der Waals surface area contributed by atoms with Gasteiger partial charge >= 0.3 is 0 Å². The summed E-state index contributed by atoms with van der Waals surface area (Å²) in [7, 11) is 0. The van der Waals surface area contributed by atoms with Crippen LogP contribution in [0.2, 0.25) is 0 Å². The van der Waals surface area contributed by atoms with E-state index in [-0.39, 0.29) is 6.61 Å². The number of aliphatic hydroxyl groups is 1. The fourth-order valence-electron chi connectivity index (χ4n) is 1.14. The van der Waals surface area contributed by atoms with E-state index in [4.69, 9.17) is 15.4 Å². The minimum Gasteiger partial charge on any atom is -0.396 e. The summed E-state index contributed by atoms with van der Waals surface area (Å²) in [5, 5.41) is 12.5. The van der Waals surface area contributed by atoms with Crippen molar-refractivity contribution in [3.63, 3.8) is 0 Å². The van der Waals surface area contributed by atoms with Gasteiger partial charge in [0.25, 0.3) is 0 Å². The van der Waals surface area contributed by atoms with Gasteiger partial charge in [-0.1, -0.05) is 5.11 Å². The van der Waals surface area contributed by atoms with E-state index in [9.17, 15) is 0 Å². The van der Waals surface area contributed by atoms with Gasteiger partial charge in [-0.2, -0.15) is 0 Å². The number of ether oxygens (including phenoxy) is 1. The van der Waals surface area contributed by atoms with Gasteiger partial charge in [0, 0.05) is 18.1 Å². The molecule has 5 heteroatoms. The molecule has 0 aliphatic carbocycles. The lowest BCUT2D eigenvalue weighted by atomic mass is 9.92. The van der Waals surface area contributed by atoms with Crippen molar-refractivity contribution in [2.24, 2.45) is 5.11 Å². The topological polar surface area (TPSA) is 78.2 Å². The number of nitrogens with zero attached hydrogens (tertiary/aromatic N) is 3. The predicted octanol–water partition coefficient (Wildman–Crippen LogP) is 0.838. The van der Waals surface area contributed by atoms with Crippen LogP contribution in [0.4, 0.5) is 0 Å². The molecule has 0 unspecified atom stereocenters. The minimum atomic E-state index is -0.590. The summed E-state index contributed by atoms with van der Waals surface area (Å²) in [6.45, 7) is 1.06. The standard InChI is InChI=1S/C6H11N3O2/c7-9-8-6(5-10)1-3-11-4-2-6/h10H,1-5H2. The quantitative estimate of drug-likeness (QED) is 0.366. The van der Waals surface area contributed by atoms with Gasteiger partial charge in [-0.15, -0.1) is 0 Å². The average molecular weight is 157 g/mol. The fourth-order valence-corrected chi connectivity index (χ4v) is 1.14. The smallest absolute Gasteiger partial charge is 0.0762 e. The molecule has 1 heterocycles. The Kier molecular flexibility index (Phi) is 2.70. The maximum Gasteiger partial charge on any atom is 0.0762 e. The number of hydrogen-bond donors (Lipinski definition) is 1. The first-order chi connectivity index (χ1) is 5.33. The second-order valence-corrected chi connectivity index (χ2v) is 2.68. The molecule has 0 aromatic carbocycles. The van der Waals surface area contributed by atoms with E-state index in [1.54, 1.807) is 0 Å². The Morgan fingerprint density at radius 2 is 2.18 bits per heavy atom. The molecule has 0 radical (unpaired) electrons. The van der Waals surface area contributed by atoms with E-state index >= 15 is 0 Å². The highest BCUT2D eigenvalue weighted by Crippen LogP contribution is 2.24. The number of hydrogen-bond acceptors (Lipinski definition) is 3.